The van der Waals surface area contributed by atoms with Crippen LogP contribution in [-0.4, -0.2) is 0 Å². The van der Waals surface area contributed by atoms with Gasteiger partial charge in [-0.05, 0) is 66.7 Å². The molecule has 0 radical (unpaired) electrons. The molecule has 1 atom stereocenters. The summed E-state index contributed by atoms with van der Waals surface area (Å²) in [5, 5.41) is 0. The second kappa shape index (κ2) is 14.1. The van der Waals surface area contributed by atoms with E-state index in [1.165, 1.54) is 33.4 Å². The first-order valence-corrected chi connectivity index (χ1v) is 12.8. The van der Waals surface area contributed by atoms with Gasteiger partial charge in [0.05, 0.1) is 0 Å². The zero-order valence-corrected chi connectivity index (χ0v) is 22.5. The molecule has 2 aromatic carbocycles. The number of allylic oxidation sites excluding steroid dienone is 16. The van der Waals surface area contributed by atoms with Gasteiger partial charge in [0.25, 0.3) is 0 Å². The molecular weight excluding hydrogens is 452 g/mol. The van der Waals surface area contributed by atoms with E-state index >= 15 is 0 Å². The van der Waals surface area contributed by atoms with Gasteiger partial charge in [0.2, 0.25) is 0 Å². The van der Waals surface area contributed by atoms with Crippen molar-refractivity contribution in [2.24, 2.45) is 0 Å². The Labute approximate surface area is 223 Å². The molecule has 182 valence electrons. The maximum absolute atomic E-state index is 4.98. The van der Waals surface area contributed by atoms with E-state index in [2.05, 4.69) is 137 Å². The zero-order chi connectivity index (χ0) is 25.8. The Morgan fingerprint density at radius 1 is 0.889 bits per heavy atom. The van der Waals surface area contributed by atoms with Crippen LogP contribution in [0.2, 0.25) is 0 Å². The molecule has 0 aliphatic heterocycles. The van der Waals surface area contributed by atoms with Crippen molar-refractivity contribution < 1.29 is 0 Å². The summed E-state index contributed by atoms with van der Waals surface area (Å²) in [7, 11) is 0. The quantitative estimate of drug-likeness (QED) is 0.263. The van der Waals surface area contributed by atoms with Gasteiger partial charge >= 0.3 is 0 Å². The van der Waals surface area contributed by atoms with Crippen LogP contribution in [0, 0.1) is 0 Å². The standard InChI is InChI=1S/C35H36S/c1-5-6-10-17-27(2)29(4)34(36)26-33(31-20-13-8-14-21-31)35(32-22-15-9-16-23-32)28(3)24-25-30-18-11-7-12-19-30/h5-18,20-26,35-36H,1,19H2,2-4H3/b10-6-,27-17+,28-24+,30-25-,33-26+,34-29-. The molecule has 1 aliphatic carbocycles. The van der Waals surface area contributed by atoms with Crippen molar-refractivity contribution in [1.29, 1.82) is 0 Å². The van der Waals surface area contributed by atoms with Gasteiger partial charge < -0.3 is 0 Å². The third-order valence-corrected chi connectivity index (χ3v) is 6.80. The van der Waals surface area contributed by atoms with Gasteiger partial charge in [-0.15, -0.1) is 12.6 Å². The molecule has 0 fully saturated rings. The molecule has 0 aromatic heterocycles. The number of rotatable bonds is 9. The first kappa shape index (κ1) is 27.0. The number of hydrogen-bond acceptors (Lipinski definition) is 1. The average molecular weight is 489 g/mol. The smallest absolute Gasteiger partial charge is 0.0305 e. The van der Waals surface area contributed by atoms with Crippen LogP contribution in [0.25, 0.3) is 5.57 Å². The lowest BCUT2D eigenvalue weighted by atomic mass is 9.81. The summed E-state index contributed by atoms with van der Waals surface area (Å²) in [6, 6.07) is 21.4. The molecule has 0 heterocycles. The van der Waals surface area contributed by atoms with Crippen molar-refractivity contribution in [3.63, 3.8) is 0 Å². The Bertz CT molecular complexity index is 1270. The maximum Gasteiger partial charge on any atom is 0.0305 e. The van der Waals surface area contributed by atoms with Crippen LogP contribution in [-0.2, 0) is 0 Å². The normalized spacial score (nSPS) is 17.4. The Morgan fingerprint density at radius 2 is 1.58 bits per heavy atom. The number of hydrogen-bond donors (Lipinski definition) is 1. The Morgan fingerprint density at radius 3 is 2.22 bits per heavy atom. The first-order valence-electron chi connectivity index (χ1n) is 12.4. The van der Waals surface area contributed by atoms with Gasteiger partial charge in [-0.3, -0.25) is 0 Å². The lowest BCUT2D eigenvalue weighted by Crippen LogP contribution is -2.05. The molecule has 3 rings (SSSR count). The van der Waals surface area contributed by atoms with Crippen molar-refractivity contribution in [1.82, 2.24) is 0 Å². The van der Waals surface area contributed by atoms with Gasteiger partial charge in [0, 0.05) is 10.8 Å². The third kappa shape index (κ3) is 7.73. The number of thiol groups is 1. The molecule has 1 heteroatoms. The monoisotopic (exact) mass is 488 g/mol. The zero-order valence-electron chi connectivity index (χ0n) is 21.6. The van der Waals surface area contributed by atoms with E-state index in [9.17, 15) is 0 Å². The van der Waals surface area contributed by atoms with Crippen LogP contribution in [0.15, 0.2) is 161 Å². The summed E-state index contributed by atoms with van der Waals surface area (Å²) in [4.78, 5) is 0.960. The molecule has 0 amide bonds. The summed E-state index contributed by atoms with van der Waals surface area (Å²) < 4.78 is 0. The molecule has 1 aliphatic rings. The lowest BCUT2D eigenvalue weighted by molar-refractivity contribution is 1.01. The van der Waals surface area contributed by atoms with E-state index in [1.807, 2.05) is 12.2 Å². The van der Waals surface area contributed by atoms with Crippen molar-refractivity contribution in [2.75, 3.05) is 0 Å². The maximum atomic E-state index is 4.98. The summed E-state index contributed by atoms with van der Waals surface area (Å²) in [6.07, 6.45) is 24.1. The van der Waals surface area contributed by atoms with E-state index in [1.54, 1.807) is 6.08 Å². The fourth-order valence-electron chi connectivity index (χ4n) is 4.15. The predicted molar refractivity (Wildman–Crippen MR) is 163 cm³/mol. The molecule has 0 N–H and O–H groups in total. The fourth-order valence-corrected chi connectivity index (χ4v) is 4.46. The molecule has 0 saturated heterocycles. The molecule has 1 unspecified atom stereocenters. The van der Waals surface area contributed by atoms with Crippen molar-refractivity contribution in [2.45, 2.75) is 33.1 Å². The molecule has 0 nitrogen and oxygen atoms in total. The topological polar surface area (TPSA) is 0 Å². The SMILES string of the molecule is C=C\C=C/C=C(C)/C(C)=C(S)/C=C(\c1ccccc1)C(/C(C)=C/C=C1/C=CC=CC1)c1ccccc1. The third-order valence-electron chi connectivity index (χ3n) is 6.34. The minimum Gasteiger partial charge on any atom is -0.143 e. The van der Waals surface area contributed by atoms with Gasteiger partial charge in [0.15, 0.2) is 0 Å². The van der Waals surface area contributed by atoms with Crippen LogP contribution < -0.4 is 0 Å². The summed E-state index contributed by atoms with van der Waals surface area (Å²) in [6.45, 7) is 10.2. The summed E-state index contributed by atoms with van der Waals surface area (Å²) in [5.74, 6) is 0.0912. The highest BCUT2D eigenvalue weighted by Crippen LogP contribution is 2.39. The molecule has 2 aromatic rings. The molecule has 0 saturated carbocycles. The van der Waals surface area contributed by atoms with Crippen molar-refractivity contribution in [3.8, 4) is 0 Å². The van der Waals surface area contributed by atoms with E-state index in [0.717, 1.165) is 16.9 Å². The van der Waals surface area contributed by atoms with Crippen LogP contribution in [0.5, 0.6) is 0 Å². The van der Waals surface area contributed by atoms with Crippen LogP contribution in [0.4, 0.5) is 0 Å². The Hall–Kier alpha value is -3.55. The van der Waals surface area contributed by atoms with Gasteiger partial charge in [0.1, 0.15) is 0 Å². The Kier molecular flexibility index (Phi) is 10.6. The van der Waals surface area contributed by atoms with Gasteiger partial charge in [-0.25, -0.2) is 0 Å². The summed E-state index contributed by atoms with van der Waals surface area (Å²) >= 11 is 4.98. The van der Waals surface area contributed by atoms with E-state index in [4.69, 9.17) is 12.6 Å². The average Bonchev–Trinajstić information content (AvgIpc) is 2.92. The van der Waals surface area contributed by atoms with Crippen LogP contribution in [0.1, 0.15) is 44.2 Å². The second-order valence-electron chi connectivity index (χ2n) is 8.93. The van der Waals surface area contributed by atoms with Gasteiger partial charge in [-0.2, -0.15) is 0 Å². The van der Waals surface area contributed by atoms with Crippen LogP contribution in [0.3, 0.4) is 0 Å². The first-order chi connectivity index (χ1) is 17.5. The van der Waals surface area contributed by atoms with E-state index in [0.29, 0.717) is 0 Å². The minimum absolute atomic E-state index is 0.0912. The largest absolute Gasteiger partial charge is 0.143 e. The van der Waals surface area contributed by atoms with E-state index in [-0.39, 0.29) is 5.92 Å². The van der Waals surface area contributed by atoms with Crippen LogP contribution >= 0.6 is 12.6 Å². The molecular formula is C35H36S. The van der Waals surface area contributed by atoms with Crippen molar-refractivity contribution in [3.05, 3.63) is 172 Å². The Balaban J connectivity index is 2.17. The minimum atomic E-state index is 0.0912. The van der Waals surface area contributed by atoms with Gasteiger partial charge in [-0.1, -0.05) is 134 Å². The lowest BCUT2D eigenvalue weighted by Gasteiger charge is -2.23. The molecule has 0 spiro atoms. The molecule has 0 bridgehead atoms. The predicted octanol–water partition coefficient (Wildman–Crippen LogP) is 10.1. The highest BCUT2D eigenvalue weighted by atomic mass is 32.1. The van der Waals surface area contributed by atoms with E-state index < -0.39 is 0 Å². The van der Waals surface area contributed by atoms with Crippen molar-refractivity contribution >= 4 is 18.2 Å². The fraction of sp³-hybridized carbons (Fsp3) is 0.143. The summed E-state index contributed by atoms with van der Waals surface area (Å²) in [5.41, 5.74) is 8.60. The highest BCUT2D eigenvalue weighted by Gasteiger charge is 2.20. The highest BCUT2D eigenvalue weighted by molar-refractivity contribution is 7.84. The second-order valence-corrected chi connectivity index (χ2v) is 9.42. The molecule has 36 heavy (non-hydrogen) atoms. The number of benzene rings is 2.